The van der Waals surface area contributed by atoms with Gasteiger partial charge in [0.1, 0.15) is 0 Å². The quantitative estimate of drug-likeness (QED) is 0.827. The van der Waals surface area contributed by atoms with E-state index in [1.54, 1.807) is 0 Å². The lowest BCUT2D eigenvalue weighted by molar-refractivity contribution is 0.737. The van der Waals surface area contributed by atoms with E-state index in [1.807, 2.05) is 0 Å². The molecule has 0 heterocycles. The molecule has 0 saturated carbocycles. The molecule has 0 aliphatic carbocycles. The summed E-state index contributed by atoms with van der Waals surface area (Å²) in [5.74, 6) is 0.833. The van der Waals surface area contributed by atoms with Gasteiger partial charge in [-0.3, -0.25) is 0 Å². The molecule has 2 nitrogen and oxygen atoms in total. The Bertz CT molecular complexity index is 221. The summed E-state index contributed by atoms with van der Waals surface area (Å²) in [6.45, 7) is 16.2. The number of benzene rings is 1. The minimum Gasteiger partial charge on any atom is -0.329 e. The molecular weight excluding hydrogens is 244 g/mol. The normalized spacial score (nSPS) is 8.50. The van der Waals surface area contributed by atoms with Gasteiger partial charge < -0.3 is 11.5 Å². The fourth-order valence-corrected chi connectivity index (χ4v) is 0.637. The molecule has 0 aliphatic rings. The van der Waals surface area contributed by atoms with Crippen molar-refractivity contribution in [2.75, 3.05) is 13.1 Å². The third kappa shape index (κ3) is 36.0. The lowest BCUT2D eigenvalue weighted by Gasteiger charge is -1.90. The minimum atomic E-state index is 0.597. The second kappa shape index (κ2) is 20.5. The Morgan fingerprint density at radius 1 is 0.750 bits per heavy atom. The maximum atomic E-state index is 4.90. The van der Waals surface area contributed by atoms with Crippen LogP contribution in [0.5, 0.6) is 0 Å². The largest absolute Gasteiger partial charge is 0.329 e. The summed E-state index contributed by atoms with van der Waals surface area (Å²) in [6.07, 6.45) is 2.64. The Hall–Kier alpha value is -0.860. The number of hydrogen-bond donors (Lipinski definition) is 2. The van der Waals surface area contributed by atoms with Gasteiger partial charge in [0, 0.05) is 13.1 Å². The van der Waals surface area contributed by atoms with Crippen molar-refractivity contribution in [3.8, 4) is 0 Å². The molecule has 1 rings (SSSR count). The van der Waals surface area contributed by atoms with Gasteiger partial charge in [-0.05, 0) is 19.8 Å². The van der Waals surface area contributed by atoms with E-state index in [-0.39, 0.29) is 0 Å². The first-order valence-electron chi connectivity index (χ1n) is 7.78. The molecule has 120 valence electrons. The van der Waals surface area contributed by atoms with Crippen LogP contribution in [0.15, 0.2) is 24.3 Å². The summed E-state index contributed by atoms with van der Waals surface area (Å²) in [6, 6.07) is 8.48. The molecule has 0 spiro atoms. The van der Waals surface area contributed by atoms with Gasteiger partial charge in [0.2, 0.25) is 0 Å². The number of aryl methyl sites for hydroxylation is 2. The van der Waals surface area contributed by atoms with Crippen LogP contribution < -0.4 is 11.5 Å². The molecule has 2 heteroatoms. The average molecular weight is 283 g/mol. The molecule has 0 saturated heterocycles. The van der Waals surface area contributed by atoms with Crippen molar-refractivity contribution in [3.63, 3.8) is 0 Å². The smallest absolute Gasteiger partial charge is 0.00461 e. The first-order valence-corrected chi connectivity index (χ1v) is 7.78. The highest BCUT2D eigenvalue weighted by molar-refractivity contribution is 5.19. The van der Waals surface area contributed by atoms with Gasteiger partial charge in [-0.25, -0.2) is 0 Å². The number of unbranched alkanes of at least 4 members (excludes halogenated alkanes) is 1. The van der Waals surface area contributed by atoms with Crippen molar-refractivity contribution in [2.45, 2.75) is 61.3 Å². The first-order chi connectivity index (χ1) is 9.35. The zero-order valence-corrected chi connectivity index (χ0v) is 14.9. The Labute approximate surface area is 128 Å². The van der Waals surface area contributed by atoms with Crippen LogP contribution in [-0.4, -0.2) is 13.1 Å². The molecule has 0 radical (unpaired) electrons. The maximum absolute atomic E-state index is 4.90. The lowest BCUT2D eigenvalue weighted by atomic mass is 10.2. The summed E-state index contributed by atoms with van der Waals surface area (Å²) in [5.41, 5.74) is 12.5. The van der Waals surface area contributed by atoms with E-state index in [9.17, 15) is 0 Å². The number of nitrogens with two attached hydrogens (primary N) is 2. The molecule has 0 atom stereocenters. The first kappa shape index (κ1) is 24.2. The highest BCUT2D eigenvalue weighted by Gasteiger charge is 1.79. The highest BCUT2D eigenvalue weighted by atomic mass is 14.6. The van der Waals surface area contributed by atoms with Crippen molar-refractivity contribution < 1.29 is 0 Å². The topological polar surface area (TPSA) is 52.0 Å². The molecule has 0 unspecified atom stereocenters. The van der Waals surface area contributed by atoms with Gasteiger partial charge in [-0.1, -0.05) is 82.9 Å². The van der Waals surface area contributed by atoms with Crippen molar-refractivity contribution >= 4 is 0 Å². The molecular formula is C18H38N2. The Morgan fingerprint density at radius 2 is 0.950 bits per heavy atom. The average Bonchev–Trinajstić information content (AvgIpc) is 2.42. The number of hydrogen-bond acceptors (Lipinski definition) is 2. The Balaban J connectivity index is -0.000000209. The van der Waals surface area contributed by atoms with Crippen LogP contribution in [0.4, 0.5) is 0 Å². The van der Waals surface area contributed by atoms with Crippen LogP contribution in [0.25, 0.3) is 0 Å². The lowest BCUT2D eigenvalue weighted by Crippen LogP contribution is -2.11. The zero-order chi connectivity index (χ0) is 16.4. The van der Waals surface area contributed by atoms with Crippen molar-refractivity contribution in [1.82, 2.24) is 0 Å². The summed E-state index contributed by atoms with van der Waals surface area (Å²) < 4.78 is 0. The summed E-state index contributed by atoms with van der Waals surface area (Å²) in [7, 11) is 0. The van der Waals surface area contributed by atoms with Crippen molar-refractivity contribution in [1.29, 1.82) is 0 Å². The summed E-state index contributed by atoms with van der Waals surface area (Å²) in [4.78, 5) is 0. The molecule has 0 amide bonds. The molecule has 1 aromatic rings. The Morgan fingerprint density at radius 3 is 1.05 bits per heavy atom. The predicted molar refractivity (Wildman–Crippen MR) is 95.1 cm³/mol. The maximum Gasteiger partial charge on any atom is 0.00461 e. The van der Waals surface area contributed by atoms with Crippen LogP contribution in [0.2, 0.25) is 0 Å². The summed E-state index contributed by atoms with van der Waals surface area (Å²) >= 11 is 0. The van der Waals surface area contributed by atoms with E-state index in [0.29, 0.717) is 13.1 Å². The van der Waals surface area contributed by atoms with Crippen LogP contribution in [0, 0.1) is 19.8 Å². The standard InChI is InChI=1S/C8H10.2C4H10.C2H8N2/c1-7-3-5-8(2)6-4-7;1-4(2)3;1-3-4-2;3-1-2-4/h3-6H,1-2H3;4H,1-3H3;3-4H2,1-2H3;1-4H2. The molecule has 4 N–H and O–H groups in total. The van der Waals surface area contributed by atoms with Crippen molar-refractivity contribution in [2.24, 2.45) is 17.4 Å². The van der Waals surface area contributed by atoms with E-state index < -0.39 is 0 Å². The minimum absolute atomic E-state index is 0.597. The van der Waals surface area contributed by atoms with E-state index in [1.165, 1.54) is 24.0 Å². The monoisotopic (exact) mass is 282 g/mol. The van der Waals surface area contributed by atoms with Gasteiger partial charge in [0.15, 0.2) is 0 Å². The second-order valence-corrected chi connectivity index (χ2v) is 5.46. The Kier molecular flexibility index (Phi) is 24.7. The van der Waals surface area contributed by atoms with Crippen LogP contribution in [0.1, 0.15) is 58.6 Å². The van der Waals surface area contributed by atoms with Crippen LogP contribution >= 0.6 is 0 Å². The third-order valence-corrected chi connectivity index (χ3v) is 1.88. The fourth-order valence-electron chi connectivity index (χ4n) is 0.637. The molecule has 0 aromatic heterocycles. The SMILES string of the molecule is CC(C)C.CCCC.Cc1ccc(C)cc1.NCCN. The van der Waals surface area contributed by atoms with Gasteiger partial charge in [-0.2, -0.15) is 0 Å². The van der Waals surface area contributed by atoms with Gasteiger partial charge in [0.05, 0.1) is 0 Å². The molecule has 0 fully saturated rings. The molecule has 20 heavy (non-hydrogen) atoms. The third-order valence-electron chi connectivity index (χ3n) is 1.88. The second-order valence-electron chi connectivity index (χ2n) is 5.46. The van der Waals surface area contributed by atoms with E-state index >= 15 is 0 Å². The summed E-state index contributed by atoms with van der Waals surface area (Å²) in [5, 5.41) is 0. The molecule has 0 aliphatic heterocycles. The predicted octanol–water partition coefficient (Wildman–Crippen LogP) is 4.68. The van der Waals surface area contributed by atoms with Crippen LogP contribution in [-0.2, 0) is 0 Å². The zero-order valence-electron chi connectivity index (χ0n) is 14.9. The fraction of sp³-hybridized carbons (Fsp3) is 0.667. The highest BCUT2D eigenvalue weighted by Crippen LogP contribution is 1.99. The van der Waals surface area contributed by atoms with E-state index in [2.05, 4.69) is 72.7 Å². The molecule has 1 aromatic carbocycles. The van der Waals surface area contributed by atoms with Gasteiger partial charge in [-0.15, -0.1) is 0 Å². The van der Waals surface area contributed by atoms with Crippen molar-refractivity contribution in [3.05, 3.63) is 35.4 Å². The van der Waals surface area contributed by atoms with E-state index in [0.717, 1.165) is 5.92 Å². The van der Waals surface area contributed by atoms with Crippen LogP contribution in [0.3, 0.4) is 0 Å². The molecule has 0 bridgehead atoms. The van der Waals surface area contributed by atoms with E-state index in [4.69, 9.17) is 11.5 Å². The van der Waals surface area contributed by atoms with Gasteiger partial charge in [0.25, 0.3) is 0 Å². The van der Waals surface area contributed by atoms with Gasteiger partial charge >= 0.3 is 0 Å². The number of rotatable bonds is 2.